The van der Waals surface area contributed by atoms with Crippen LogP contribution in [0.3, 0.4) is 0 Å². The van der Waals surface area contributed by atoms with E-state index in [0.717, 1.165) is 49.2 Å². The van der Waals surface area contributed by atoms with Crippen molar-refractivity contribution in [3.63, 3.8) is 0 Å². The predicted octanol–water partition coefficient (Wildman–Crippen LogP) is 5.03. The fourth-order valence-electron chi connectivity index (χ4n) is 2.77. The lowest BCUT2D eigenvalue weighted by Gasteiger charge is -2.08. The minimum absolute atomic E-state index is 0.0797. The highest BCUT2D eigenvalue weighted by atomic mass is 16.5. The number of aromatic nitrogens is 1. The van der Waals surface area contributed by atoms with Gasteiger partial charge in [-0.05, 0) is 62.9 Å². The van der Waals surface area contributed by atoms with Crippen LogP contribution < -0.4 is 4.74 Å². The van der Waals surface area contributed by atoms with Gasteiger partial charge < -0.3 is 9.47 Å². The molecule has 0 amide bonds. The molecule has 4 nitrogen and oxygen atoms in total. The first-order chi connectivity index (χ1) is 12.7. The molecule has 0 spiro atoms. The number of hydrogen-bond acceptors (Lipinski definition) is 4. The van der Waals surface area contributed by atoms with E-state index in [2.05, 4.69) is 17.1 Å². The zero-order valence-corrected chi connectivity index (χ0v) is 15.9. The smallest absolute Gasteiger partial charge is 0.305 e. The summed E-state index contributed by atoms with van der Waals surface area (Å²) in [6.07, 6.45) is 5.85. The van der Waals surface area contributed by atoms with Crippen LogP contribution in [0.2, 0.25) is 0 Å². The van der Waals surface area contributed by atoms with Gasteiger partial charge in [-0.3, -0.25) is 9.78 Å². The van der Waals surface area contributed by atoms with E-state index >= 15 is 0 Å². The Labute approximate surface area is 156 Å². The van der Waals surface area contributed by atoms with Gasteiger partial charge >= 0.3 is 5.97 Å². The molecule has 2 rings (SSSR count). The number of nitrogens with zero attached hydrogens (tertiary/aromatic N) is 1. The van der Waals surface area contributed by atoms with Crippen LogP contribution in [0, 0.1) is 6.92 Å². The van der Waals surface area contributed by atoms with Crippen molar-refractivity contribution in [2.24, 2.45) is 0 Å². The molecule has 1 aromatic carbocycles. The molecule has 0 aliphatic rings. The van der Waals surface area contributed by atoms with Gasteiger partial charge in [0.1, 0.15) is 12.4 Å². The fraction of sp³-hybridized carbons (Fsp3) is 0.455. The van der Waals surface area contributed by atoms with Gasteiger partial charge in [-0.15, -0.1) is 0 Å². The van der Waals surface area contributed by atoms with E-state index in [-0.39, 0.29) is 5.97 Å². The highest BCUT2D eigenvalue weighted by Crippen LogP contribution is 2.16. The van der Waals surface area contributed by atoms with Crippen LogP contribution in [-0.4, -0.2) is 17.6 Å². The molecule has 0 aliphatic carbocycles. The molecule has 2 aromatic rings. The minimum Gasteiger partial charge on any atom is -0.487 e. The molecule has 26 heavy (non-hydrogen) atoms. The number of carbonyl (C=O) groups is 1. The molecular formula is C22H29NO3. The molecule has 0 atom stereocenters. The van der Waals surface area contributed by atoms with Crippen LogP contribution in [0.1, 0.15) is 56.0 Å². The minimum atomic E-state index is -0.0797. The summed E-state index contributed by atoms with van der Waals surface area (Å²) in [5, 5.41) is 0. The van der Waals surface area contributed by atoms with E-state index in [1.54, 1.807) is 0 Å². The first-order valence-electron chi connectivity index (χ1n) is 9.47. The molecule has 0 unspecified atom stereocenters. The number of carbonyl (C=O) groups excluding carboxylic acids is 1. The number of esters is 1. The molecular weight excluding hydrogens is 326 g/mol. The van der Waals surface area contributed by atoms with E-state index in [1.165, 1.54) is 5.56 Å². The molecule has 140 valence electrons. The quantitative estimate of drug-likeness (QED) is 0.419. The molecule has 0 fully saturated rings. The first-order valence-corrected chi connectivity index (χ1v) is 9.47. The first kappa shape index (κ1) is 20.0. The van der Waals surface area contributed by atoms with Gasteiger partial charge in [0.25, 0.3) is 0 Å². The Bertz CT molecular complexity index is 667. The van der Waals surface area contributed by atoms with Crippen LogP contribution >= 0.6 is 0 Å². The Morgan fingerprint density at radius 1 is 1.00 bits per heavy atom. The number of hydrogen-bond donors (Lipinski definition) is 0. The molecule has 0 aliphatic heterocycles. The van der Waals surface area contributed by atoms with Crippen molar-refractivity contribution in [2.45, 2.75) is 59.0 Å². The summed E-state index contributed by atoms with van der Waals surface area (Å²) in [7, 11) is 0. The lowest BCUT2D eigenvalue weighted by molar-refractivity contribution is -0.143. The van der Waals surface area contributed by atoms with Gasteiger partial charge in [0.2, 0.25) is 0 Å². The van der Waals surface area contributed by atoms with Crippen molar-refractivity contribution in [3.05, 3.63) is 59.4 Å². The summed E-state index contributed by atoms with van der Waals surface area (Å²) in [5.74, 6) is 0.787. The topological polar surface area (TPSA) is 48.4 Å². The largest absolute Gasteiger partial charge is 0.487 e. The average Bonchev–Trinajstić information content (AvgIpc) is 2.64. The highest BCUT2D eigenvalue weighted by Gasteiger charge is 2.02. The van der Waals surface area contributed by atoms with Crippen molar-refractivity contribution in [3.8, 4) is 5.75 Å². The molecule has 1 heterocycles. The zero-order valence-electron chi connectivity index (χ0n) is 15.9. The molecule has 0 bridgehead atoms. The Kier molecular flexibility index (Phi) is 8.67. The lowest BCUT2D eigenvalue weighted by atomic mass is 10.1. The second-order valence-corrected chi connectivity index (χ2v) is 6.42. The van der Waals surface area contributed by atoms with Crippen molar-refractivity contribution >= 4 is 5.97 Å². The maximum absolute atomic E-state index is 11.3. The third kappa shape index (κ3) is 7.68. The van der Waals surface area contributed by atoms with Gasteiger partial charge in [-0.2, -0.15) is 0 Å². The molecule has 0 saturated heterocycles. The van der Waals surface area contributed by atoms with Crippen LogP contribution in [-0.2, 0) is 22.6 Å². The van der Waals surface area contributed by atoms with Gasteiger partial charge in [0.05, 0.1) is 12.3 Å². The monoisotopic (exact) mass is 355 g/mol. The van der Waals surface area contributed by atoms with E-state index in [9.17, 15) is 4.79 Å². The highest BCUT2D eigenvalue weighted by molar-refractivity contribution is 5.69. The normalized spacial score (nSPS) is 10.5. The van der Waals surface area contributed by atoms with Crippen LogP contribution in [0.15, 0.2) is 42.5 Å². The summed E-state index contributed by atoms with van der Waals surface area (Å²) in [6.45, 7) is 4.78. The van der Waals surface area contributed by atoms with Crippen molar-refractivity contribution in [1.29, 1.82) is 0 Å². The molecule has 4 heteroatoms. The molecule has 0 radical (unpaired) electrons. The van der Waals surface area contributed by atoms with Crippen LogP contribution in [0.4, 0.5) is 0 Å². The van der Waals surface area contributed by atoms with E-state index in [1.807, 2.05) is 44.2 Å². The van der Waals surface area contributed by atoms with Crippen molar-refractivity contribution < 1.29 is 14.3 Å². The number of pyridine rings is 1. The SMILES string of the molecule is CCOC(=O)CCCCCCc1ccc(OCc2cccc(C)n2)cc1. The van der Waals surface area contributed by atoms with Crippen LogP contribution in [0.5, 0.6) is 5.75 Å². The van der Waals surface area contributed by atoms with Crippen LogP contribution in [0.25, 0.3) is 0 Å². The van der Waals surface area contributed by atoms with E-state index < -0.39 is 0 Å². The molecule has 1 aromatic heterocycles. The molecule has 0 N–H and O–H groups in total. The maximum atomic E-state index is 11.3. The van der Waals surface area contributed by atoms with Gasteiger partial charge in [0.15, 0.2) is 0 Å². The summed E-state index contributed by atoms with van der Waals surface area (Å²) >= 11 is 0. The second-order valence-electron chi connectivity index (χ2n) is 6.42. The number of benzene rings is 1. The Morgan fingerprint density at radius 2 is 1.77 bits per heavy atom. The Morgan fingerprint density at radius 3 is 2.50 bits per heavy atom. The van der Waals surface area contributed by atoms with Gasteiger partial charge in [-0.1, -0.05) is 31.0 Å². The number of unbranched alkanes of at least 4 members (excludes halogenated alkanes) is 3. The predicted molar refractivity (Wildman–Crippen MR) is 103 cm³/mol. The van der Waals surface area contributed by atoms with E-state index in [4.69, 9.17) is 9.47 Å². The Hall–Kier alpha value is -2.36. The summed E-state index contributed by atoms with van der Waals surface area (Å²) in [4.78, 5) is 15.7. The lowest BCUT2D eigenvalue weighted by Crippen LogP contribution is -2.03. The maximum Gasteiger partial charge on any atom is 0.305 e. The summed E-state index contributed by atoms with van der Waals surface area (Å²) in [5.41, 5.74) is 3.26. The van der Waals surface area contributed by atoms with Gasteiger partial charge in [0, 0.05) is 12.1 Å². The van der Waals surface area contributed by atoms with Crippen molar-refractivity contribution in [1.82, 2.24) is 4.98 Å². The average molecular weight is 355 g/mol. The zero-order chi connectivity index (χ0) is 18.6. The molecule has 0 saturated carbocycles. The standard InChI is InChI=1S/C22H29NO3/c1-3-25-22(24)12-7-5-4-6-10-19-13-15-21(16-14-19)26-17-20-11-8-9-18(2)23-20/h8-9,11,13-16H,3-7,10,12,17H2,1-2H3. The number of aryl methyl sites for hydroxylation is 2. The third-order valence-electron chi connectivity index (χ3n) is 4.16. The van der Waals surface area contributed by atoms with Gasteiger partial charge in [-0.25, -0.2) is 0 Å². The van der Waals surface area contributed by atoms with E-state index in [0.29, 0.717) is 19.6 Å². The van der Waals surface area contributed by atoms with Crippen molar-refractivity contribution in [2.75, 3.05) is 6.61 Å². The summed E-state index contributed by atoms with van der Waals surface area (Å²) < 4.78 is 10.7. The summed E-state index contributed by atoms with van der Waals surface area (Å²) in [6, 6.07) is 14.2. The number of ether oxygens (including phenoxy) is 2. The third-order valence-corrected chi connectivity index (χ3v) is 4.16. The second kappa shape index (κ2) is 11.3. The fourth-order valence-corrected chi connectivity index (χ4v) is 2.77. The Balaban J connectivity index is 1.62. The number of rotatable bonds is 11.